The first-order valence-electron chi connectivity index (χ1n) is 6.07. The highest BCUT2D eigenvalue weighted by atomic mass is 35.5. The maximum atomic E-state index is 6.04. The molecule has 2 aromatic carbocycles. The monoisotopic (exact) mass is 311 g/mol. The van der Waals surface area contributed by atoms with Crippen LogP contribution in [-0.4, -0.2) is 7.11 Å². The van der Waals surface area contributed by atoms with Crippen LogP contribution in [-0.2, 0) is 13.2 Å². The van der Waals surface area contributed by atoms with Crippen LogP contribution in [0.3, 0.4) is 0 Å². The lowest BCUT2D eigenvalue weighted by Crippen LogP contribution is -2.02. The van der Waals surface area contributed by atoms with Gasteiger partial charge < -0.3 is 15.2 Å². The summed E-state index contributed by atoms with van der Waals surface area (Å²) in [6.45, 7) is 0.811. The van der Waals surface area contributed by atoms with Crippen molar-refractivity contribution in [3.05, 3.63) is 57.6 Å². The van der Waals surface area contributed by atoms with Crippen LogP contribution in [0.4, 0.5) is 0 Å². The van der Waals surface area contributed by atoms with Gasteiger partial charge in [0.2, 0.25) is 0 Å². The molecule has 0 saturated carbocycles. The fourth-order valence-electron chi connectivity index (χ4n) is 1.80. The molecule has 0 aliphatic heterocycles. The molecule has 20 heavy (non-hydrogen) atoms. The van der Waals surface area contributed by atoms with Gasteiger partial charge in [0, 0.05) is 23.2 Å². The Balaban J connectivity index is 2.12. The molecule has 0 amide bonds. The van der Waals surface area contributed by atoms with E-state index < -0.39 is 0 Å². The van der Waals surface area contributed by atoms with E-state index >= 15 is 0 Å². The summed E-state index contributed by atoms with van der Waals surface area (Å²) in [4.78, 5) is 0. The predicted octanol–water partition coefficient (Wildman–Crippen LogP) is 4.04. The number of hydrogen-bond acceptors (Lipinski definition) is 3. The second kappa shape index (κ2) is 6.84. The number of benzene rings is 2. The largest absolute Gasteiger partial charge is 0.496 e. The molecule has 2 aromatic rings. The molecular weight excluding hydrogens is 297 g/mol. The summed E-state index contributed by atoms with van der Waals surface area (Å²) >= 11 is 12.0. The standard InChI is InChI=1S/C15H15Cl2NO2/c1-19-14-6-10(2-3-11(14)8-18)9-20-15-7-12(16)4-5-13(15)17/h2-7H,8-9,18H2,1H3. The van der Waals surface area contributed by atoms with Crippen LogP contribution in [0.2, 0.25) is 10.0 Å². The Kier molecular flexibility index (Phi) is 5.12. The van der Waals surface area contributed by atoms with Gasteiger partial charge in [-0.05, 0) is 23.8 Å². The molecule has 0 saturated heterocycles. The molecule has 0 aliphatic carbocycles. The lowest BCUT2D eigenvalue weighted by molar-refractivity contribution is 0.305. The van der Waals surface area contributed by atoms with Crippen LogP contribution in [0, 0.1) is 0 Å². The van der Waals surface area contributed by atoms with Crippen LogP contribution >= 0.6 is 23.2 Å². The van der Waals surface area contributed by atoms with Crippen molar-refractivity contribution >= 4 is 23.2 Å². The van der Waals surface area contributed by atoms with Crippen molar-refractivity contribution in [2.24, 2.45) is 5.73 Å². The molecule has 106 valence electrons. The number of hydrogen-bond donors (Lipinski definition) is 1. The van der Waals surface area contributed by atoms with E-state index in [9.17, 15) is 0 Å². The van der Waals surface area contributed by atoms with Crippen molar-refractivity contribution in [2.75, 3.05) is 7.11 Å². The van der Waals surface area contributed by atoms with E-state index in [1.165, 1.54) is 0 Å². The molecule has 2 N–H and O–H groups in total. The summed E-state index contributed by atoms with van der Waals surface area (Å²) < 4.78 is 11.0. The molecule has 0 fully saturated rings. The number of methoxy groups -OCH3 is 1. The predicted molar refractivity (Wildman–Crippen MR) is 81.7 cm³/mol. The van der Waals surface area contributed by atoms with Crippen LogP contribution < -0.4 is 15.2 Å². The molecule has 0 spiro atoms. The number of halogens is 2. The second-order valence-electron chi connectivity index (χ2n) is 4.21. The molecule has 0 bridgehead atoms. The Morgan fingerprint density at radius 3 is 2.55 bits per heavy atom. The van der Waals surface area contributed by atoms with Crippen LogP contribution in [0.1, 0.15) is 11.1 Å². The van der Waals surface area contributed by atoms with Crippen LogP contribution in [0.15, 0.2) is 36.4 Å². The van der Waals surface area contributed by atoms with E-state index in [1.54, 1.807) is 25.3 Å². The zero-order chi connectivity index (χ0) is 14.5. The molecule has 0 radical (unpaired) electrons. The fourth-order valence-corrected chi connectivity index (χ4v) is 2.13. The zero-order valence-electron chi connectivity index (χ0n) is 11.0. The first-order chi connectivity index (χ1) is 9.63. The van der Waals surface area contributed by atoms with E-state index in [2.05, 4.69) is 0 Å². The average Bonchev–Trinajstić information content (AvgIpc) is 2.47. The summed E-state index contributed by atoms with van der Waals surface area (Å²) in [6.07, 6.45) is 0. The third-order valence-electron chi connectivity index (χ3n) is 2.86. The van der Waals surface area contributed by atoms with Crippen molar-refractivity contribution in [1.29, 1.82) is 0 Å². The molecule has 0 atom stereocenters. The van der Waals surface area contributed by atoms with Gasteiger partial charge in [-0.3, -0.25) is 0 Å². The first-order valence-corrected chi connectivity index (χ1v) is 6.83. The van der Waals surface area contributed by atoms with Gasteiger partial charge in [0.25, 0.3) is 0 Å². The second-order valence-corrected chi connectivity index (χ2v) is 5.06. The third kappa shape index (κ3) is 3.57. The molecule has 0 heterocycles. The molecule has 0 unspecified atom stereocenters. The smallest absolute Gasteiger partial charge is 0.139 e. The van der Waals surface area contributed by atoms with Crippen molar-refractivity contribution in [3.63, 3.8) is 0 Å². The Morgan fingerprint density at radius 2 is 1.85 bits per heavy atom. The molecule has 5 heteroatoms. The minimum Gasteiger partial charge on any atom is -0.496 e. The molecular formula is C15H15Cl2NO2. The van der Waals surface area contributed by atoms with Gasteiger partial charge in [-0.15, -0.1) is 0 Å². The minimum atomic E-state index is 0.376. The van der Waals surface area contributed by atoms with Crippen LogP contribution in [0.25, 0.3) is 0 Å². The lowest BCUT2D eigenvalue weighted by atomic mass is 10.1. The van der Waals surface area contributed by atoms with Gasteiger partial charge in [-0.2, -0.15) is 0 Å². The summed E-state index contributed by atoms with van der Waals surface area (Å²) in [5, 5.41) is 1.11. The van der Waals surface area contributed by atoms with Gasteiger partial charge >= 0.3 is 0 Å². The van der Waals surface area contributed by atoms with E-state index in [0.29, 0.717) is 28.9 Å². The summed E-state index contributed by atoms with van der Waals surface area (Å²) in [5.41, 5.74) is 7.56. The molecule has 2 rings (SSSR count). The lowest BCUT2D eigenvalue weighted by Gasteiger charge is -2.11. The van der Waals surface area contributed by atoms with E-state index in [1.807, 2.05) is 18.2 Å². The molecule has 0 aromatic heterocycles. The Bertz CT molecular complexity index is 602. The van der Waals surface area contributed by atoms with E-state index in [4.69, 9.17) is 38.4 Å². The van der Waals surface area contributed by atoms with Crippen molar-refractivity contribution in [3.8, 4) is 11.5 Å². The number of rotatable bonds is 5. The summed E-state index contributed by atoms with van der Waals surface area (Å²) in [7, 11) is 1.62. The van der Waals surface area contributed by atoms with Crippen molar-refractivity contribution in [2.45, 2.75) is 13.2 Å². The van der Waals surface area contributed by atoms with Gasteiger partial charge in [-0.1, -0.05) is 35.3 Å². The van der Waals surface area contributed by atoms with Crippen molar-refractivity contribution in [1.82, 2.24) is 0 Å². The van der Waals surface area contributed by atoms with Crippen LogP contribution in [0.5, 0.6) is 11.5 Å². The Hall–Kier alpha value is -1.42. The van der Waals surface area contributed by atoms with Gasteiger partial charge in [0.15, 0.2) is 0 Å². The SMILES string of the molecule is COc1cc(COc2cc(Cl)ccc2Cl)ccc1CN. The maximum Gasteiger partial charge on any atom is 0.139 e. The third-order valence-corrected chi connectivity index (χ3v) is 3.41. The van der Waals surface area contributed by atoms with E-state index in [-0.39, 0.29) is 0 Å². The zero-order valence-corrected chi connectivity index (χ0v) is 12.5. The molecule has 0 aliphatic rings. The summed E-state index contributed by atoms with van der Waals surface area (Å²) in [5.74, 6) is 1.31. The molecule has 3 nitrogen and oxygen atoms in total. The summed E-state index contributed by atoms with van der Waals surface area (Å²) in [6, 6.07) is 10.9. The topological polar surface area (TPSA) is 44.5 Å². The highest BCUT2D eigenvalue weighted by Gasteiger charge is 2.06. The maximum absolute atomic E-state index is 6.04. The number of ether oxygens (including phenoxy) is 2. The van der Waals surface area contributed by atoms with Gasteiger partial charge in [0.05, 0.1) is 12.1 Å². The normalized spacial score (nSPS) is 10.4. The highest BCUT2D eigenvalue weighted by molar-refractivity contribution is 6.34. The van der Waals surface area contributed by atoms with Crippen molar-refractivity contribution < 1.29 is 9.47 Å². The fraction of sp³-hybridized carbons (Fsp3) is 0.200. The van der Waals surface area contributed by atoms with Gasteiger partial charge in [-0.25, -0.2) is 0 Å². The quantitative estimate of drug-likeness (QED) is 0.906. The minimum absolute atomic E-state index is 0.376. The Labute approximate surface area is 128 Å². The van der Waals surface area contributed by atoms with E-state index in [0.717, 1.165) is 16.9 Å². The highest BCUT2D eigenvalue weighted by Crippen LogP contribution is 2.29. The number of nitrogens with two attached hydrogens (primary N) is 1. The Morgan fingerprint density at radius 1 is 1.05 bits per heavy atom. The average molecular weight is 312 g/mol. The van der Waals surface area contributed by atoms with Gasteiger partial charge in [0.1, 0.15) is 18.1 Å². The first kappa shape index (κ1) is 15.0.